The second kappa shape index (κ2) is 8.70. The van der Waals surface area contributed by atoms with Crippen LogP contribution in [0.15, 0.2) is 40.9 Å². The molecule has 0 saturated carbocycles. The smallest absolute Gasteiger partial charge is 0.255 e. The van der Waals surface area contributed by atoms with E-state index in [0.29, 0.717) is 23.0 Å². The summed E-state index contributed by atoms with van der Waals surface area (Å²) >= 11 is 3.35. The summed E-state index contributed by atoms with van der Waals surface area (Å²) in [7, 11) is 0. The van der Waals surface area contributed by atoms with E-state index >= 15 is 0 Å². The minimum Gasteiger partial charge on any atom is -0.343 e. The molecular weight excluding hydrogens is 465 g/mol. The van der Waals surface area contributed by atoms with E-state index in [2.05, 4.69) is 31.7 Å². The summed E-state index contributed by atoms with van der Waals surface area (Å²) in [5.74, 6) is -5.92. The summed E-state index contributed by atoms with van der Waals surface area (Å²) < 4.78 is 42.4. The Bertz CT molecular complexity index is 1130. The standard InChI is InChI=1S/C20H16BrF3N4O2/c1-10-17(11(2)28(27-10)13-5-3-12(21)4-6-13)20(30)25-9-16(29)26-15-8-7-14(22)18(23)19(15)24/h3-8H,9H2,1-2H3,(H,25,30)(H,26,29). The first-order chi connectivity index (χ1) is 14.2. The van der Waals surface area contributed by atoms with Gasteiger partial charge in [-0.2, -0.15) is 5.10 Å². The van der Waals surface area contributed by atoms with E-state index in [9.17, 15) is 22.8 Å². The Labute approximate surface area is 178 Å². The van der Waals surface area contributed by atoms with Gasteiger partial charge in [-0.25, -0.2) is 17.9 Å². The molecule has 1 aromatic heterocycles. The quantitative estimate of drug-likeness (QED) is 0.541. The molecular formula is C20H16BrF3N4O2. The van der Waals surface area contributed by atoms with Crippen LogP contribution in [0.1, 0.15) is 21.7 Å². The zero-order valence-corrected chi connectivity index (χ0v) is 17.5. The van der Waals surface area contributed by atoms with Crippen LogP contribution in [0.2, 0.25) is 0 Å². The van der Waals surface area contributed by atoms with Crippen molar-refractivity contribution >= 4 is 33.4 Å². The molecule has 0 atom stereocenters. The van der Waals surface area contributed by atoms with Crippen LogP contribution in [-0.4, -0.2) is 28.1 Å². The van der Waals surface area contributed by atoms with Crippen molar-refractivity contribution < 1.29 is 22.8 Å². The van der Waals surface area contributed by atoms with Gasteiger partial charge in [0, 0.05) is 4.47 Å². The van der Waals surface area contributed by atoms with Gasteiger partial charge in [-0.05, 0) is 50.2 Å². The van der Waals surface area contributed by atoms with Gasteiger partial charge in [0.25, 0.3) is 5.91 Å². The van der Waals surface area contributed by atoms with E-state index in [4.69, 9.17) is 0 Å². The maximum absolute atomic E-state index is 13.7. The maximum Gasteiger partial charge on any atom is 0.255 e. The fraction of sp³-hybridized carbons (Fsp3) is 0.150. The number of rotatable bonds is 5. The number of benzene rings is 2. The van der Waals surface area contributed by atoms with E-state index in [0.717, 1.165) is 16.2 Å². The predicted molar refractivity (Wildman–Crippen MR) is 108 cm³/mol. The molecule has 0 radical (unpaired) electrons. The number of aromatic nitrogens is 2. The largest absolute Gasteiger partial charge is 0.343 e. The molecule has 0 fully saturated rings. The monoisotopic (exact) mass is 480 g/mol. The highest BCUT2D eigenvalue weighted by molar-refractivity contribution is 9.10. The number of nitrogens with zero attached hydrogens (tertiary/aromatic N) is 2. The number of nitrogens with one attached hydrogen (secondary N) is 2. The van der Waals surface area contributed by atoms with Crippen LogP contribution in [-0.2, 0) is 4.79 Å². The van der Waals surface area contributed by atoms with Gasteiger partial charge in [0.05, 0.1) is 34.9 Å². The molecule has 156 valence electrons. The van der Waals surface area contributed by atoms with Crippen LogP contribution >= 0.6 is 15.9 Å². The van der Waals surface area contributed by atoms with Crippen molar-refractivity contribution in [3.8, 4) is 5.69 Å². The van der Waals surface area contributed by atoms with E-state index in [1.807, 2.05) is 24.3 Å². The van der Waals surface area contributed by atoms with Crippen molar-refractivity contribution in [2.24, 2.45) is 0 Å². The topological polar surface area (TPSA) is 76.0 Å². The third-order valence-corrected chi connectivity index (χ3v) is 4.84. The van der Waals surface area contributed by atoms with Crippen LogP contribution in [0.25, 0.3) is 5.69 Å². The van der Waals surface area contributed by atoms with Crippen molar-refractivity contribution in [3.63, 3.8) is 0 Å². The first-order valence-electron chi connectivity index (χ1n) is 8.72. The number of anilines is 1. The van der Waals surface area contributed by atoms with Gasteiger partial charge in [-0.15, -0.1) is 0 Å². The third kappa shape index (κ3) is 4.38. The average Bonchev–Trinajstić information content (AvgIpc) is 3.01. The summed E-state index contributed by atoms with van der Waals surface area (Å²) in [6.45, 7) is 2.88. The van der Waals surface area contributed by atoms with Gasteiger partial charge in [0.2, 0.25) is 5.91 Å². The van der Waals surface area contributed by atoms with Gasteiger partial charge < -0.3 is 10.6 Å². The molecule has 30 heavy (non-hydrogen) atoms. The lowest BCUT2D eigenvalue weighted by atomic mass is 10.2. The Kier molecular flexibility index (Phi) is 6.25. The van der Waals surface area contributed by atoms with Crippen LogP contribution < -0.4 is 10.6 Å². The zero-order valence-electron chi connectivity index (χ0n) is 15.9. The first-order valence-corrected chi connectivity index (χ1v) is 9.52. The fourth-order valence-electron chi connectivity index (χ4n) is 2.87. The summed E-state index contributed by atoms with van der Waals surface area (Å²) in [6.07, 6.45) is 0. The molecule has 3 aromatic rings. The van der Waals surface area contributed by atoms with Crippen molar-refractivity contribution in [2.45, 2.75) is 13.8 Å². The lowest BCUT2D eigenvalue weighted by Gasteiger charge is -2.09. The Balaban J connectivity index is 1.70. The van der Waals surface area contributed by atoms with Crippen LogP contribution in [0.5, 0.6) is 0 Å². The summed E-state index contributed by atoms with van der Waals surface area (Å²) in [4.78, 5) is 24.6. The molecule has 2 amide bonds. The van der Waals surface area contributed by atoms with Crippen molar-refractivity contribution in [2.75, 3.05) is 11.9 Å². The highest BCUT2D eigenvalue weighted by atomic mass is 79.9. The SMILES string of the molecule is Cc1nn(-c2ccc(Br)cc2)c(C)c1C(=O)NCC(=O)Nc1ccc(F)c(F)c1F. The zero-order chi connectivity index (χ0) is 22.0. The molecule has 1 heterocycles. The average molecular weight is 481 g/mol. The molecule has 6 nitrogen and oxygen atoms in total. The number of halogens is 4. The molecule has 2 N–H and O–H groups in total. The second-order valence-corrected chi connectivity index (χ2v) is 7.30. The highest BCUT2D eigenvalue weighted by Gasteiger charge is 2.21. The van der Waals surface area contributed by atoms with Gasteiger partial charge in [-0.1, -0.05) is 15.9 Å². The Morgan fingerprint density at radius 3 is 2.37 bits per heavy atom. The number of hydrogen-bond acceptors (Lipinski definition) is 3. The molecule has 3 rings (SSSR count). The minimum absolute atomic E-state index is 0.296. The lowest BCUT2D eigenvalue weighted by Crippen LogP contribution is -2.33. The summed E-state index contributed by atoms with van der Waals surface area (Å²) in [6, 6.07) is 8.92. The van der Waals surface area contributed by atoms with Gasteiger partial charge in [0.15, 0.2) is 17.5 Å². The third-order valence-electron chi connectivity index (χ3n) is 4.31. The van der Waals surface area contributed by atoms with Crippen LogP contribution in [0.3, 0.4) is 0 Å². The van der Waals surface area contributed by atoms with E-state index in [-0.39, 0.29) is 0 Å². The highest BCUT2D eigenvalue weighted by Crippen LogP contribution is 2.21. The summed E-state index contributed by atoms with van der Waals surface area (Å²) in [5, 5.41) is 8.88. The molecule has 0 bridgehead atoms. The molecule has 10 heteroatoms. The van der Waals surface area contributed by atoms with Crippen LogP contribution in [0.4, 0.5) is 18.9 Å². The normalized spacial score (nSPS) is 10.7. The van der Waals surface area contributed by atoms with Gasteiger partial charge in [0.1, 0.15) is 0 Å². The second-order valence-electron chi connectivity index (χ2n) is 6.39. The first kappa shape index (κ1) is 21.6. The van der Waals surface area contributed by atoms with E-state index < -0.39 is 41.5 Å². The van der Waals surface area contributed by atoms with E-state index in [1.54, 1.807) is 18.5 Å². The molecule has 0 unspecified atom stereocenters. The predicted octanol–water partition coefficient (Wildman–Crippen LogP) is 4.04. The van der Waals surface area contributed by atoms with Crippen LogP contribution in [0, 0.1) is 31.3 Å². The van der Waals surface area contributed by atoms with Crippen molar-refractivity contribution in [1.82, 2.24) is 15.1 Å². The molecule has 2 aromatic carbocycles. The molecule has 0 aliphatic rings. The molecule has 0 spiro atoms. The minimum atomic E-state index is -1.69. The van der Waals surface area contributed by atoms with E-state index in [1.165, 1.54) is 0 Å². The Morgan fingerprint density at radius 2 is 1.70 bits per heavy atom. The number of aryl methyl sites for hydroxylation is 1. The number of carbonyl (C=O) groups is 2. The van der Waals surface area contributed by atoms with Gasteiger partial charge in [-0.3, -0.25) is 9.59 Å². The lowest BCUT2D eigenvalue weighted by molar-refractivity contribution is -0.115. The summed E-state index contributed by atoms with van der Waals surface area (Å²) in [5.41, 5.74) is 1.55. The Morgan fingerprint density at radius 1 is 1.03 bits per heavy atom. The van der Waals surface area contributed by atoms with Crippen molar-refractivity contribution in [3.05, 3.63) is 75.3 Å². The number of carbonyl (C=O) groups excluding carboxylic acids is 2. The number of amides is 2. The molecule has 0 saturated heterocycles. The molecule has 0 aliphatic heterocycles. The van der Waals surface area contributed by atoms with Gasteiger partial charge >= 0.3 is 0 Å². The van der Waals surface area contributed by atoms with Crippen molar-refractivity contribution in [1.29, 1.82) is 0 Å². The molecule has 0 aliphatic carbocycles. The fourth-order valence-corrected chi connectivity index (χ4v) is 3.14. The maximum atomic E-state index is 13.7. The Hall–Kier alpha value is -3.14. The number of hydrogen-bond donors (Lipinski definition) is 2.